The Labute approximate surface area is 385 Å². The zero-order chi connectivity index (χ0) is 43.7. The van der Waals surface area contributed by atoms with Gasteiger partial charge in [-0.2, -0.15) is 0 Å². The molecule has 1 atom stereocenters. The second-order valence-electron chi connectivity index (χ2n) is 19.1. The second kappa shape index (κ2) is 13.8. The summed E-state index contributed by atoms with van der Waals surface area (Å²) in [5, 5.41) is 4.61. The number of rotatable bonds is 5. The van der Waals surface area contributed by atoms with Crippen molar-refractivity contribution in [2.75, 3.05) is 4.90 Å². The molecule has 66 heavy (non-hydrogen) atoms. The third-order valence-electron chi connectivity index (χ3n) is 15.5. The Kier molecular flexibility index (Phi) is 7.82. The predicted molar refractivity (Wildman–Crippen MR) is 274 cm³/mol. The summed E-state index contributed by atoms with van der Waals surface area (Å²) in [6.45, 7) is 4.75. The van der Waals surface area contributed by atoms with Crippen LogP contribution in [0.15, 0.2) is 217 Å². The van der Waals surface area contributed by atoms with Crippen LogP contribution in [0.1, 0.15) is 53.6 Å². The van der Waals surface area contributed by atoms with E-state index in [0.29, 0.717) is 0 Å². The van der Waals surface area contributed by atoms with Crippen LogP contribution in [0.3, 0.4) is 0 Å². The Balaban J connectivity index is 0.924. The van der Waals surface area contributed by atoms with Crippen molar-refractivity contribution in [3.8, 4) is 44.5 Å². The highest BCUT2D eigenvalue weighted by molar-refractivity contribution is 6.19. The lowest BCUT2D eigenvalue weighted by Gasteiger charge is -2.31. The molecule has 3 aliphatic rings. The number of furan rings is 1. The molecule has 1 heterocycles. The molecule has 1 unspecified atom stereocenters. The highest BCUT2D eigenvalue weighted by Gasteiger charge is 2.48. The summed E-state index contributed by atoms with van der Waals surface area (Å²) in [5.74, 6) is 0. The molecule has 2 heteroatoms. The van der Waals surface area contributed by atoms with Gasteiger partial charge in [0.1, 0.15) is 11.2 Å². The fourth-order valence-electron chi connectivity index (χ4n) is 12.6. The van der Waals surface area contributed by atoms with Gasteiger partial charge in [0.15, 0.2) is 0 Å². The average molecular weight is 844 g/mol. The van der Waals surface area contributed by atoms with E-state index in [0.717, 1.165) is 62.8 Å². The van der Waals surface area contributed by atoms with Crippen molar-refractivity contribution < 1.29 is 4.42 Å². The molecule has 3 aliphatic carbocycles. The third-order valence-corrected chi connectivity index (χ3v) is 15.5. The zero-order valence-corrected chi connectivity index (χ0v) is 37.0. The van der Waals surface area contributed by atoms with Crippen molar-refractivity contribution in [2.24, 2.45) is 0 Å². The Hall–Kier alpha value is -7.94. The summed E-state index contributed by atoms with van der Waals surface area (Å²) < 4.78 is 6.61. The van der Waals surface area contributed by atoms with Crippen molar-refractivity contribution in [1.29, 1.82) is 0 Å². The molecule has 0 fully saturated rings. The standard InChI is InChI=1S/C64H45NO/c1-63(2)56-22-9-6-17-51(56)53-20-11-19-48(61(53)63)42-27-32-45(33-28-42)65(46-34-36-52-50-16-7-10-23-57(50)64(58(52)39-46)38-37-43-14-4-8-21-55(43)64)44-30-25-41(26-31-44)47-18-12-24-59-60(47)54-35-29-40-13-3-5-15-49(40)62(54)66-59/h3-36,39H,37-38H2,1-2H3. The lowest BCUT2D eigenvalue weighted by Crippen LogP contribution is -2.24. The summed E-state index contributed by atoms with van der Waals surface area (Å²) >= 11 is 0. The van der Waals surface area contributed by atoms with Gasteiger partial charge in [0.05, 0.1) is 0 Å². The van der Waals surface area contributed by atoms with Crippen LogP contribution >= 0.6 is 0 Å². The fraction of sp³-hybridized carbons (Fsp3) is 0.0938. The molecule has 11 aromatic rings. The molecular weight excluding hydrogens is 799 g/mol. The first kappa shape index (κ1) is 37.4. The summed E-state index contributed by atoms with van der Waals surface area (Å²) in [7, 11) is 0. The zero-order valence-electron chi connectivity index (χ0n) is 37.0. The first-order chi connectivity index (χ1) is 32.5. The van der Waals surface area contributed by atoms with E-state index in [1.807, 2.05) is 0 Å². The number of benzene rings is 10. The van der Waals surface area contributed by atoms with Crippen molar-refractivity contribution in [2.45, 2.75) is 37.5 Å². The number of hydrogen-bond acceptors (Lipinski definition) is 2. The molecule has 0 saturated heterocycles. The largest absolute Gasteiger partial charge is 0.455 e. The molecule has 0 bridgehead atoms. The molecule has 0 saturated carbocycles. The van der Waals surface area contributed by atoms with Gasteiger partial charge in [0.2, 0.25) is 0 Å². The van der Waals surface area contributed by atoms with Crippen molar-refractivity contribution in [1.82, 2.24) is 0 Å². The predicted octanol–water partition coefficient (Wildman–Crippen LogP) is 17.1. The Morgan fingerprint density at radius 2 is 1.02 bits per heavy atom. The molecule has 0 aliphatic heterocycles. The minimum atomic E-state index is -0.187. The topological polar surface area (TPSA) is 16.4 Å². The van der Waals surface area contributed by atoms with Crippen LogP contribution in [0, 0.1) is 0 Å². The Morgan fingerprint density at radius 1 is 0.424 bits per heavy atom. The normalized spacial score (nSPS) is 16.1. The molecule has 0 radical (unpaired) electrons. The maximum Gasteiger partial charge on any atom is 0.143 e. The van der Waals surface area contributed by atoms with Crippen LogP contribution in [0.2, 0.25) is 0 Å². The Bertz CT molecular complexity index is 3790. The molecule has 1 spiro atoms. The van der Waals surface area contributed by atoms with Crippen LogP contribution in [-0.2, 0) is 17.3 Å². The summed E-state index contributed by atoms with van der Waals surface area (Å²) in [6, 6.07) is 79.1. The van der Waals surface area contributed by atoms with Crippen LogP contribution < -0.4 is 4.90 Å². The molecule has 2 nitrogen and oxygen atoms in total. The smallest absolute Gasteiger partial charge is 0.143 e. The maximum atomic E-state index is 6.61. The van der Waals surface area contributed by atoms with E-state index in [2.05, 4.69) is 231 Å². The lowest BCUT2D eigenvalue weighted by atomic mass is 9.73. The van der Waals surface area contributed by atoms with Gasteiger partial charge in [-0.3, -0.25) is 0 Å². The quantitative estimate of drug-likeness (QED) is 0.172. The minimum absolute atomic E-state index is 0.105. The monoisotopic (exact) mass is 843 g/mol. The van der Waals surface area contributed by atoms with Crippen molar-refractivity contribution >= 4 is 49.8 Å². The third kappa shape index (κ3) is 5.13. The van der Waals surface area contributed by atoms with E-state index < -0.39 is 0 Å². The highest BCUT2D eigenvalue weighted by atomic mass is 16.3. The van der Waals surface area contributed by atoms with Gasteiger partial charge in [0, 0.05) is 44.1 Å². The first-order valence-electron chi connectivity index (χ1n) is 23.4. The molecular formula is C64H45NO. The molecule has 0 N–H and O–H groups in total. The lowest BCUT2D eigenvalue weighted by molar-refractivity contribution is 0.626. The number of nitrogens with zero attached hydrogens (tertiary/aromatic N) is 1. The van der Waals surface area contributed by atoms with E-state index in [-0.39, 0.29) is 10.8 Å². The molecule has 14 rings (SSSR count). The van der Waals surface area contributed by atoms with Crippen LogP contribution in [0.25, 0.3) is 77.2 Å². The van der Waals surface area contributed by atoms with Gasteiger partial charge in [-0.05, 0) is 145 Å². The molecule has 0 amide bonds. The minimum Gasteiger partial charge on any atom is -0.455 e. The van der Waals surface area contributed by atoms with Gasteiger partial charge in [-0.15, -0.1) is 0 Å². The van der Waals surface area contributed by atoms with Gasteiger partial charge in [0.25, 0.3) is 0 Å². The highest BCUT2D eigenvalue weighted by Crippen LogP contribution is 2.59. The van der Waals surface area contributed by atoms with Gasteiger partial charge >= 0.3 is 0 Å². The number of anilines is 3. The van der Waals surface area contributed by atoms with Crippen LogP contribution in [0.5, 0.6) is 0 Å². The van der Waals surface area contributed by atoms with E-state index in [1.54, 1.807) is 0 Å². The van der Waals surface area contributed by atoms with E-state index in [9.17, 15) is 0 Å². The van der Waals surface area contributed by atoms with E-state index in [1.165, 1.54) is 77.7 Å². The first-order valence-corrected chi connectivity index (χ1v) is 23.4. The van der Waals surface area contributed by atoms with Gasteiger partial charge in [-0.25, -0.2) is 0 Å². The maximum absolute atomic E-state index is 6.61. The van der Waals surface area contributed by atoms with Crippen LogP contribution in [0.4, 0.5) is 17.1 Å². The fourth-order valence-corrected chi connectivity index (χ4v) is 12.6. The average Bonchev–Trinajstić information content (AvgIpc) is 4.10. The Morgan fingerprint density at radius 3 is 1.82 bits per heavy atom. The van der Waals surface area contributed by atoms with Crippen molar-refractivity contribution in [3.63, 3.8) is 0 Å². The van der Waals surface area contributed by atoms with Crippen molar-refractivity contribution in [3.05, 3.63) is 246 Å². The molecule has 1 aromatic heterocycles. The summed E-state index contributed by atoms with van der Waals surface area (Å²) in [6.07, 6.45) is 2.13. The number of fused-ring (bicyclic) bond motifs is 15. The summed E-state index contributed by atoms with van der Waals surface area (Å²) in [5.41, 5.74) is 23.7. The molecule has 312 valence electrons. The second-order valence-corrected chi connectivity index (χ2v) is 19.1. The van der Waals surface area contributed by atoms with E-state index in [4.69, 9.17) is 4.42 Å². The summed E-state index contributed by atoms with van der Waals surface area (Å²) in [4.78, 5) is 2.46. The van der Waals surface area contributed by atoms with E-state index >= 15 is 0 Å². The van der Waals surface area contributed by atoms with Gasteiger partial charge < -0.3 is 9.32 Å². The van der Waals surface area contributed by atoms with Gasteiger partial charge in [-0.1, -0.05) is 178 Å². The molecule has 10 aromatic carbocycles. The number of hydrogen-bond donors (Lipinski definition) is 0. The SMILES string of the molecule is CC1(C)c2ccccc2-c2cccc(-c3ccc(N(c4ccc(-c5cccc6oc7c8ccccc8ccc7c56)cc4)c4ccc5c(c4)C4(CCc6ccccc64)c4ccccc4-5)cc3)c21. The number of aryl methyl sites for hydroxylation is 1. The van der Waals surface area contributed by atoms with Crippen LogP contribution in [-0.4, -0.2) is 0 Å².